The Morgan fingerprint density at radius 2 is 0.517 bits per heavy atom. The van der Waals surface area contributed by atoms with E-state index in [0.717, 1.165) is 111 Å². The molecular formula is C108H68N12. The van der Waals surface area contributed by atoms with E-state index in [0.29, 0.717) is 34.9 Å². The lowest BCUT2D eigenvalue weighted by Gasteiger charge is -2.12. The van der Waals surface area contributed by atoms with Crippen LogP contribution in [0.3, 0.4) is 0 Å². The zero-order valence-corrected chi connectivity index (χ0v) is 64.6. The van der Waals surface area contributed by atoms with Gasteiger partial charge in [0.2, 0.25) is 0 Å². The van der Waals surface area contributed by atoms with Crippen LogP contribution in [-0.2, 0) is 0 Å². The molecule has 0 spiro atoms. The topological polar surface area (TPSA) is 123 Å². The molecule has 24 aromatic rings. The molecule has 0 N–H and O–H groups in total. The summed E-state index contributed by atoms with van der Waals surface area (Å²) in [5.41, 5.74) is 22.7. The molecule has 0 fully saturated rings. The molecule has 0 saturated heterocycles. The minimum absolute atomic E-state index is 0.631. The highest BCUT2D eigenvalue weighted by molar-refractivity contribution is 6.20. The molecular weight excluding hydrogens is 1470 g/mol. The van der Waals surface area contributed by atoms with Gasteiger partial charge in [0.15, 0.2) is 34.9 Å². The molecule has 0 amide bonds. The third kappa shape index (κ3) is 11.8. The van der Waals surface area contributed by atoms with E-state index < -0.39 is 0 Å². The first-order valence-corrected chi connectivity index (χ1v) is 40.3. The molecule has 0 radical (unpaired) electrons. The van der Waals surface area contributed by atoms with Crippen LogP contribution in [0.1, 0.15) is 0 Å². The van der Waals surface area contributed by atoms with E-state index in [4.69, 9.17) is 34.9 Å². The molecule has 560 valence electrons. The molecule has 0 aliphatic heterocycles. The van der Waals surface area contributed by atoms with Gasteiger partial charge in [-0.05, 0) is 143 Å². The third-order valence-electron chi connectivity index (χ3n) is 23.3. The number of benzene rings is 16. The van der Waals surface area contributed by atoms with Gasteiger partial charge in [-0.3, -0.25) is 9.55 Å². The van der Waals surface area contributed by atoms with Crippen molar-refractivity contribution < 1.29 is 0 Å². The molecule has 0 aliphatic rings. The average molecular weight is 1530 g/mol. The van der Waals surface area contributed by atoms with E-state index in [1.165, 1.54) is 76.1 Å². The van der Waals surface area contributed by atoms with Gasteiger partial charge in [-0.15, -0.1) is 0 Å². The molecule has 0 saturated carbocycles. The summed E-state index contributed by atoms with van der Waals surface area (Å²) < 4.78 is 9.41. The average Bonchev–Trinajstić information content (AvgIpc) is 1.57. The van der Waals surface area contributed by atoms with Crippen LogP contribution >= 0.6 is 0 Å². The summed E-state index contributed by atoms with van der Waals surface area (Å²) in [4.78, 5) is 39.3. The first-order valence-electron chi connectivity index (χ1n) is 40.3. The Morgan fingerprint density at radius 1 is 0.192 bits per heavy atom. The summed E-state index contributed by atoms with van der Waals surface area (Å²) in [7, 11) is 0. The van der Waals surface area contributed by atoms with Crippen molar-refractivity contribution in [2.24, 2.45) is 0 Å². The second-order valence-corrected chi connectivity index (χ2v) is 30.2. The van der Waals surface area contributed by atoms with Gasteiger partial charge in [0.1, 0.15) is 5.82 Å². The molecule has 0 bridgehead atoms. The maximum absolute atomic E-state index is 4.98. The fourth-order valence-electron chi connectivity index (χ4n) is 17.8. The monoisotopic (exact) mass is 1530 g/mol. The molecule has 12 heteroatoms. The van der Waals surface area contributed by atoms with E-state index in [1.807, 2.05) is 140 Å². The number of rotatable bonds is 12. The smallest absolute Gasteiger partial charge is 0.164 e. The quantitative estimate of drug-likeness (QED) is 0.119. The zero-order valence-electron chi connectivity index (χ0n) is 64.6. The predicted molar refractivity (Wildman–Crippen MR) is 491 cm³/mol. The summed E-state index contributed by atoms with van der Waals surface area (Å²) in [5.74, 6) is 4.78. The minimum atomic E-state index is 0.631. The number of nitrogens with zero attached hydrogens (tertiary/aromatic N) is 12. The van der Waals surface area contributed by atoms with Gasteiger partial charge in [0, 0.05) is 116 Å². The molecule has 0 atom stereocenters. The van der Waals surface area contributed by atoms with Gasteiger partial charge in [0.05, 0.1) is 56.0 Å². The second-order valence-electron chi connectivity index (χ2n) is 30.2. The number of para-hydroxylation sites is 4. The van der Waals surface area contributed by atoms with Crippen molar-refractivity contribution in [3.63, 3.8) is 0 Å². The SMILES string of the molecule is c1ccc(-c2nc(-c3ccccc3)nc(-c3ccc(-n4c5ccccc5c5c(-c6ccc7c(c6)c6ccccc6n7-c6cncc7ccccc67)cccc54)cc3)n2)cc1.c1ccc(-c2nc(-c3ccccc3)nc(-c3ccc(-n4c5ccccc5c5c(-c6ccc7c(c6)c6ccccc6n7-c6nccc7ccccc67)cccc54)cc3)n2)cc1. The summed E-state index contributed by atoms with van der Waals surface area (Å²) in [5, 5.41) is 14.2. The first-order chi connectivity index (χ1) is 59.5. The summed E-state index contributed by atoms with van der Waals surface area (Å²) in [6.07, 6.45) is 5.83. The van der Waals surface area contributed by atoms with Gasteiger partial charge >= 0.3 is 0 Å². The second kappa shape index (κ2) is 28.8. The van der Waals surface area contributed by atoms with E-state index >= 15 is 0 Å². The van der Waals surface area contributed by atoms with Crippen LogP contribution < -0.4 is 0 Å². The van der Waals surface area contributed by atoms with Gasteiger partial charge in [-0.1, -0.05) is 279 Å². The van der Waals surface area contributed by atoms with Crippen LogP contribution in [-0.4, -0.2) is 58.1 Å². The lowest BCUT2D eigenvalue weighted by atomic mass is 9.98. The van der Waals surface area contributed by atoms with Crippen LogP contribution in [0, 0.1) is 0 Å². The van der Waals surface area contributed by atoms with Crippen molar-refractivity contribution in [3.8, 4) is 113 Å². The predicted octanol–water partition coefficient (Wildman–Crippen LogP) is 26.6. The highest BCUT2D eigenvalue weighted by atomic mass is 15.1. The van der Waals surface area contributed by atoms with E-state index in [2.05, 4.69) is 296 Å². The summed E-state index contributed by atoms with van der Waals surface area (Å²) in [6.45, 7) is 0. The maximum Gasteiger partial charge on any atom is 0.164 e. The molecule has 0 unspecified atom stereocenters. The number of fused-ring (bicyclic) bond motifs is 14. The molecule has 16 aromatic carbocycles. The van der Waals surface area contributed by atoms with E-state index in [9.17, 15) is 0 Å². The number of aromatic nitrogens is 12. The van der Waals surface area contributed by atoms with Crippen LogP contribution in [0.15, 0.2) is 413 Å². The molecule has 8 heterocycles. The highest BCUT2D eigenvalue weighted by Gasteiger charge is 2.24. The summed E-state index contributed by atoms with van der Waals surface area (Å²) >= 11 is 0. The Kier molecular flexibility index (Phi) is 16.6. The van der Waals surface area contributed by atoms with Gasteiger partial charge < -0.3 is 13.7 Å². The first kappa shape index (κ1) is 69.1. The Labute approximate surface area is 688 Å². The van der Waals surface area contributed by atoms with Crippen molar-refractivity contribution >= 4 is 109 Å². The Bertz CT molecular complexity index is 7530. The number of hydrogen-bond acceptors (Lipinski definition) is 8. The molecule has 24 rings (SSSR count). The molecule has 8 aromatic heterocycles. The lowest BCUT2D eigenvalue weighted by molar-refractivity contribution is 1.07. The van der Waals surface area contributed by atoms with Crippen molar-refractivity contribution in [3.05, 3.63) is 413 Å². The highest BCUT2D eigenvalue weighted by Crippen LogP contribution is 2.45. The standard InChI is InChI=1S/2C54H34N6/c1-3-15-36(16-4-1)51-56-52(37-17-5-2-6-18-37)58-53(57-51)38-26-29-40(30-27-38)59-47-24-12-10-21-44(47)50-41(22-13-25-49(50)59)39-28-31-48-45(34-39)43-20-9-11-23-46(43)60(48)54-42-19-8-7-14-35(42)32-33-55-54;1-3-14-35(15-4-1)52-56-53(36-16-5-2-6-17-36)58-54(57-52)37-26-29-40(30-27-37)59-47-24-12-10-21-44(47)51-42(22-13-25-49(51)59)38-28-31-48-45(32-38)43-20-9-11-23-46(43)60(48)50-34-55-33-39-18-7-8-19-41(39)50/h2*1-34H. The summed E-state index contributed by atoms with van der Waals surface area (Å²) in [6, 6.07) is 138. The van der Waals surface area contributed by atoms with E-state index in [-0.39, 0.29) is 0 Å². The molecule has 12 nitrogen and oxygen atoms in total. The van der Waals surface area contributed by atoms with E-state index in [1.54, 1.807) is 0 Å². The number of pyridine rings is 2. The van der Waals surface area contributed by atoms with Gasteiger partial charge in [-0.2, -0.15) is 0 Å². The van der Waals surface area contributed by atoms with Crippen molar-refractivity contribution in [1.29, 1.82) is 0 Å². The Morgan fingerprint density at radius 3 is 0.958 bits per heavy atom. The lowest BCUT2D eigenvalue weighted by Crippen LogP contribution is -2.00. The molecule has 120 heavy (non-hydrogen) atoms. The fraction of sp³-hybridized carbons (Fsp3) is 0. The van der Waals surface area contributed by atoms with Crippen LogP contribution in [0.25, 0.3) is 222 Å². The van der Waals surface area contributed by atoms with Gasteiger partial charge in [0.25, 0.3) is 0 Å². The van der Waals surface area contributed by atoms with Crippen molar-refractivity contribution in [2.75, 3.05) is 0 Å². The van der Waals surface area contributed by atoms with Crippen LogP contribution in [0.5, 0.6) is 0 Å². The molecule has 0 aliphatic carbocycles. The largest absolute Gasteiger partial charge is 0.309 e. The van der Waals surface area contributed by atoms with Crippen LogP contribution in [0.4, 0.5) is 0 Å². The normalized spacial score (nSPS) is 11.7. The number of hydrogen-bond donors (Lipinski definition) is 0. The third-order valence-corrected chi connectivity index (χ3v) is 23.3. The zero-order chi connectivity index (χ0) is 79.1. The fourth-order valence-corrected chi connectivity index (χ4v) is 17.8. The Hall–Kier alpha value is -16.4. The maximum atomic E-state index is 4.98. The van der Waals surface area contributed by atoms with Crippen LogP contribution in [0.2, 0.25) is 0 Å². The van der Waals surface area contributed by atoms with Crippen molar-refractivity contribution in [2.45, 2.75) is 0 Å². The van der Waals surface area contributed by atoms with Gasteiger partial charge in [-0.25, -0.2) is 34.9 Å². The Balaban J connectivity index is 0.000000140. The van der Waals surface area contributed by atoms with Crippen molar-refractivity contribution in [1.82, 2.24) is 58.1 Å². The minimum Gasteiger partial charge on any atom is -0.309 e.